The quantitative estimate of drug-likeness (QED) is 0.451. The van der Waals surface area contributed by atoms with Crippen molar-refractivity contribution in [3.8, 4) is 0 Å². The predicted molar refractivity (Wildman–Crippen MR) is 101 cm³/mol. The van der Waals surface area contributed by atoms with Gasteiger partial charge in [-0.15, -0.1) is 0 Å². The molecule has 0 fully saturated rings. The lowest BCUT2D eigenvalue weighted by atomic mass is 10.2. The Labute approximate surface area is 172 Å². The van der Waals surface area contributed by atoms with Crippen molar-refractivity contribution in [1.29, 1.82) is 0 Å². The third-order valence-electron chi connectivity index (χ3n) is 3.27. The maximum Gasteiger partial charge on any atom is 0.419 e. The number of carbonyl (C=O) groups is 2. The van der Waals surface area contributed by atoms with Crippen LogP contribution in [-0.4, -0.2) is 21.8 Å². The number of anilines is 2. The predicted octanol–water partition coefficient (Wildman–Crippen LogP) is 5.59. The number of benzene rings is 1. The van der Waals surface area contributed by atoms with Crippen molar-refractivity contribution in [2.24, 2.45) is 0 Å². The number of carbonyl (C=O) groups excluding carboxylic acids is 2. The number of hydrogen-bond acceptors (Lipinski definition) is 6. The fourth-order valence-electron chi connectivity index (χ4n) is 2.16. The lowest BCUT2D eigenvalue weighted by Gasteiger charge is -2.09. The molecule has 27 heavy (non-hydrogen) atoms. The third-order valence-corrected chi connectivity index (χ3v) is 6.74. The fourth-order valence-corrected chi connectivity index (χ4v) is 5.08. The summed E-state index contributed by atoms with van der Waals surface area (Å²) in [6, 6.07) is 0. The van der Waals surface area contributed by atoms with E-state index in [9.17, 15) is 22.8 Å². The number of alkyl halides is 3. The molecule has 0 unspecified atom stereocenters. The van der Waals surface area contributed by atoms with Gasteiger partial charge in [-0.2, -0.15) is 22.0 Å². The summed E-state index contributed by atoms with van der Waals surface area (Å²) in [5.74, 6) is -1.25. The lowest BCUT2D eigenvalue weighted by molar-refractivity contribution is -0.134. The zero-order valence-corrected chi connectivity index (χ0v) is 17.1. The van der Waals surface area contributed by atoms with Crippen molar-refractivity contribution < 1.29 is 22.8 Å². The van der Waals surface area contributed by atoms with Crippen LogP contribution in [0.5, 0.6) is 0 Å². The molecule has 144 valence electrons. The molecular weight excluding hydrogens is 472 g/mol. The summed E-state index contributed by atoms with van der Waals surface area (Å²) in [7, 11) is 0. The highest BCUT2D eigenvalue weighted by atomic mass is 35.5. The van der Waals surface area contributed by atoms with Gasteiger partial charge in [0.15, 0.2) is 0 Å². The lowest BCUT2D eigenvalue weighted by Crippen LogP contribution is -2.15. The largest absolute Gasteiger partial charge is 0.419 e. The minimum atomic E-state index is -4.78. The van der Waals surface area contributed by atoms with Gasteiger partial charge in [-0.05, 0) is 0 Å². The summed E-state index contributed by atoms with van der Waals surface area (Å²) >= 11 is 18.9. The maximum atomic E-state index is 13.8. The second-order valence-electron chi connectivity index (χ2n) is 5.13. The van der Waals surface area contributed by atoms with E-state index in [1.807, 2.05) is 0 Å². The van der Waals surface area contributed by atoms with Crippen LogP contribution in [0.4, 0.5) is 23.4 Å². The molecule has 3 rings (SSSR count). The second-order valence-corrected chi connectivity index (χ2v) is 8.14. The van der Waals surface area contributed by atoms with Crippen LogP contribution in [0.3, 0.4) is 0 Å². The van der Waals surface area contributed by atoms with Crippen LogP contribution < -0.4 is 8.84 Å². The summed E-state index contributed by atoms with van der Waals surface area (Å²) in [5.41, 5.74) is -1.44. The first kappa shape index (κ1) is 20.3. The molecule has 2 amide bonds. The first-order chi connectivity index (χ1) is 12.4. The molecule has 0 saturated carbocycles. The Morgan fingerprint density at radius 3 is 1.59 bits per heavy atom. The van der Waals surface area contributed by atoms with Crippen LogP contribution in [0.25, 0.3) is 20.4 Å². The molecule has 0 spiro atoms. The Morgan fingerprint density at radius 2 is 1.30 bits per heavy atom. The number of fused-ring (bicyclic) bond motifs is 2. The molecule has 3 aromatic rings. The Bertz CT molecular complexity index is 1020. The number of hydrogen-bond donors (Lipinski definition) is 0. The standard InChI is InChI=1S/C13H6Cl3F3N4O2S2/c1-3(24)22(15)11-20-7-6(14)8-10(5(9(7)26-11)13(17,18)19)27-12(21-8)23(16)4(2)25/h1-2H3. The van der Waals surface area contributed by atoms with E-state index in [1.165, 1.54) is 0 Å². The Kier molecular flexibility index (Phi) is 5.19. The third kappa shape index (κ3) is 3.42. The summed E-state index contributed by atoms with van der Waals surface area (Å²) in [4.78, 5) is 30.7. The van der Waals surface area contributed by atoms with Gasteiger partial charge < -0.3 is 0 Å². The van der Waals surface area contributed by atoms with Crippen LogP contribution in [-0.2, 0) is 15.8 Å². The monoisotopic (exact) mass is 476 g/mol. The Hall–Kier alpha value is -1.40. The van der Waals surface area contributed by atoms with Crippen molar-refractivity contribution in [2.75, 3.05) is 8.84 Å². The Balaban J connectivity index is 2.41. The fraction of sp³-hybridized carbons (Fsp3) is 0.231. The van der Waals surface area contributed by atoms with Gasteiger partial charge in [-0.1, -0.05) is 34.3 Å². The van der Waals surface area contributed by atoms with E-state index < -0.39 is 23.6 Å². The van der Waals surface area contributed by atoms with E-state index in [0.29, 0.717) is 31.5 Å². The van der Waals surface area contributed by atoms with E-state index in [2.05, 4.69) is 9.97 Å². The van der Waals surface area contributed by atoms with Gasteiger partial charge in [0.2, 0.25) is 22.1 Å². The number of rotatable bonds is 2. The van der Waals surface area contributed by atoms with E-state index in [0.717, 1.165) is 13.8 Å². The maximum absolute atomic E-state index is 13.8. The zero-order valence-electron chi connectivity index (χ0n) is 13.2. The molecule has 0 N–H and O–H groups in total. The van der Waals surface area contributed by atoms with Crippen LogP contribution in [0, 0.1) is 0 Å². The highest BCUT2D eigenvalue weighted by molar-refractivity contribution is 7.25. The zero-order chi connectivity index (χ0) is 20.3. The summed E-state index contributed by atoms with van der Waals surface area (Å²) < 4.78 is 42.0. The minimum Gasteiger partial charge on any atom is -0.273 e. The highest BCUT2D eigenvalue weighted by Crippen LogP contribution is 2.50. The van der Waals surface area contributed by atoms with E-state index in [4.69, 9.17) is 35.2 Å². The normalized spacial score (nSPS) is 12.0. The number of halogens is 6. The van der Waals surface area contributed by atoms with Crippen molar-refractivity contribution >= 4 is 100 Å². The second kappa shape index (κ2) is 6.89. The average Bonchev–Trinajstić information content (AvgIpc) is 3.17. The van der Waals surface area contributed by atoms with Gasteiger partial charge >= 0.3 is 6.18 Å². The molecule has 14 heteroatoms. The van der Waals surface area contributed by atoms with Gasteiger partial charge in [-0.3, -0.25) is 9.59 Å². The summed E-state index contributed by atoms with van der Waals surface area (Å²) in [5, 5.41) is -0.487. The number of thiazole rings is 2. The van der Waals surface area contributed by atoms with Gasteiger partial charge in [-0.25, -0.2) is 9.97 Å². The van der Waals surface area contributed by atoms with Crippen LogP contribution in [0.15, 0.2) is 0 Å². The van der Waals surface area contributed by atoms with E-state index in [1.54, 1.807) is 0 Å². The summed E-state index contributed by atoms with van der Waals surface area (Å²) in [6.45, 7) is 2.27. The first-order valence-electron chi connectivity index (χ1n) is 6.86. The molecule has 0 saturated heterocycles. The van der Waals surface area contributed by atoms with Gasteiger partial charge in [0.1, 0.15) is 11.0 Å². The first-order valence-corrected chi connectivity index (χ1v) is 9.54. The van der Waals surface area contributed by atoms with Crippen LogP contribution in [0.1, 0.15) is 19.4 Å². The van der Waals surface area contributed by atoms with Crippen molar-refractivity contribution in [3.63, 3.8) is 0 Å². The average molecular weight is 478 g/mol. The van der Waals surface area contributed by atoms with E-state index >= 15 is 0 Å². The molecule has 0 aliphatic carbocycles. The van der Waals surface area contributed by atoms with Gasteiger partial charge in [0.25, 0.3) is 0 Å². The molecule has 0 radical (unpaired) electrons. The number of nitrogens with zero attached hydrogens (tertiary/aromatic N) is 4. The van der Waals surface area contributed by atoms with Gasteiger partial charge in [0, 0.05) is 37.4 Å². The van der Waals surface area contributed by atoms with Crippen molar-refractivity contribution in [3.05, 3.63) is 10.6 Å². The molecule has 2 heterocycles. The highest BCUT2D eigenvalue weighted by Gasteiger charge is 2.39. The van der Waals surface area contributed by atoms with Crippen LogP contribution in [0.2, 0.25) is 5.02 Å². The molecule has 0 aliphatic rings. The molecule has 1 aromatic carbocycles. The Morgan fingerprint density at radius 1 is 0.926 bits per heavy atom. The topological polar surface area (TPSA) is 66.4 Å². The van der Waals surface area contributed by atoms with Crippen molar-refractivity contribution in [2.45, 2.75) is 20.0 Å². The summed E-state index contributed by atoms with van der Waals surface area (Å²) in [6.07, 6.45) is -4.78. The minimum absolute atomic E-state index is 0.160. The molecule has 6 nitrogen and oxygen atoms in total. The molecule has 0 atom stereocenters. The van der Waals surface area contributed by atoms with E-state index in [-0.39, 0.29) is 35.7 Å². The number of aromatic nitrogens is 2. The van der Waals surface area contributed by atoms with Crippen LogP contribution >= 0.6 is 57.8 Å². The van der Waals surface area contributed by atoms with Gasteiger partial charge in [0.05, 0.1) is 20.0 Å². The molecule has 2 aromatic heterocycles. The smallest absolute Gasteiger partial charge is 0.273 e. The number of amides is 2. The SMILES string of the molecule is CC(=O)N(Cl)c1nc2c(Cl)c3nc(N(Cl)C(C)=O)sc3c(C(F)(F)F)c2s1. The molecule has 0 bridgehead atoms. The molecular formula is C13H6Cl3F3N4O2S2. The van der Waals surface area contributed by atoms with Crippen molar-refractivity contribution in [1.82, 2.24) is 9.97 Å². The molecule has 0 aliphatic heterocycles.